The normalized spacial score (nSPS) is 15.2. The highest BCUT2D eigenvalue weighted by molar-refractivity contribution is 7.98. The van der Waals surface area contributed by atoms with Gasteiger partial charge in [0, 0.05) is 11.4 Å². The number of hydrogen-bond donors (Lipinski definition) is 1. The van der Waals surface area contributed by atoms with Gasteiger partial charge < -0.3 is 10.1 Å². The molecular formula is C23H21FN4O2S. The van der Waals surface area contributed by atoms with Crippen LogP contribution >= 0.6 is 11.8 Å². The Bertz CT molecular complexity index is 1140. The van der Waals surface area contributed by atoms with E-state index < -0.39 is 12.0 Å². The third-order valence-corrected chi connectivity index (χ3v) is 5.70. The summed E-state index contributed by atoms with van der Waals surface area (Å²) in [6.07, 6.45) is 1.53. The molecule has 1 N–H and O–H groups in total. The molecule has 1 aliphatic heterocycles. The minimum absolute atomic E-state index is 0.116. The van der Waals surface area contributed by atoms with Gasteiger partial charge in [-0.15, -0.1) is 5.10 Å². The summed E-state index contributed by atoms with van der Waals surface area (Å²) in [6.45, 7) is 5.53. The summed E-state index contributed by atoms with van der Waals surface area (Å²) in [7, 11) is 0. The van der Waals surface area contributed by atoms with Crippen LogP contribution in [0.5, 0.6) is 0 Å². The number of nitrogens with one attached hydrogen (secondary N) is 1. The molecule has 0 radical (unpaired) electrons. The lowest BCUT2D eigenvalue weighted by Crippen LogP contribution is -2.29. The van der Waals surface area contributed by atoms with Crippen LogP contribution in [0.1, 0.15) is 24.1 Å². The summed E-state index contributed by atoms with van der Waals surface area (Å²) in [6, 6.07) is 15.7. The molecule has 2 aromatic carbocycles. The number of hydrogen-bond acceptors (Lipinski definition) is 6. The van der Waals surface area contributed by atoms with Crippen molar-refractivity contribution in [3.8, 4) is 0 Å². The van der Waals surface area contributed by atoms with Crippen LogP contribution in [0.3, 0.4) is 0 Å². The fourth-order valence-electron chi connectivity index (χ4n) is 3.37. The molecule has 0 bridgehead atoms. The van der Waals surface area contributed by atoms with Crippen molar-refractivity contribution in [3.63, 3.8) is 0 Å². The molecule has 1 atom stereocenters. The molecule has 3 aromatic rings. The fourth-order valence-corrected chi connectivity index (χ4v) is 4.19. The van der Waals surface area contributed by atoms with E-state index in [1.807, 2.05) is 37.3 Å². The number of aromatic nitrogens is 3. The first-order valence-corrected chi connectivity index (χ1v) is 10.7. The van der Waals surface area contributed by atoms with E-state index in [-0.39, 0.29) is 12.4 Å². The number of carbonyl (C=O) groups is 1. The quantitative estimate of drug-likeness (QED) is 0.328. The Morgan fingerprint density at radius 1 is 1.26 bits per heavy atom. The van der Waals surface area contributed by atoms with Crippen molar-refractivity contribution in [2.45, 2.75) is 23.9 Å². The van der Waals surface area contributed by atoms with Crippen molar-refractivity contribution in [2.75, 3.05) is 11.9 Å². The summed E-state index contributed by atoms with van der Waals surface area (Å²) < 4.78 is 21.0. The second-order valence-corrected chi connectivity index (χ2v) is 7.85. The van der Waals surface area contributed by atoms with Crippen molar-refractivity contribution in [2.24, 2.45) is 0 Å². The molecule has 1 aromatic heterocycles. The van der Waals surface area contributed by atoms with Crippen LogP contribution in [0.4, 0.5) is 10.3 Å². The van der Waals surface area contributed by atoms with Crippen molar-refractivity contribution >= 4 is 23.7 Å². The van der Waals surface area contributed by atoms with Crippen molar-refractivity contribution < 1.29 is 13.9 Å². The first-order valence-electron chi connectivity index (χ1n) is 9.72. The van der Waals surface area contributed by atoms with Gasteiger partial charge >= 0.3 is 5.97 Å². The molecule has 6 nitrogen and oxygen atoms in total. The molecule has 0 fully saturated rings. The van der Waals surface area contributed by atoms with Crippen molar-refractivity contribution in [1.29, 1.82) is 0 Å². The second kappa shape index (κ2) is 9.18. The largest absolute Gasteiger partial charge is 0.458 e. The molecule has 0 aliphatic carbocycles. The van der Waals surface area contributed by atoms with Crippen molar-refractivity contribution in [1.82, 2.24) is 14.8 Å². The Balaban J connectivity index is 1.67. The van der Waals surface area contributed by atoms with E-state index >= 15 is 0 Å². The van der Waals surface area contributed by atoms with Crippen LogP contribution in [-0.4, -0.2) is 27.3 Å². The number of carbonyl (C=O) groups excluding carboxylic acids is 1. The smallest absolute Gasteiger partial charge is 0.338 e. The van der Waals surface area contributed by atoms with Gasteiger partial charge in [-0.25, -0.2) is 13.9 Å². The van der Waals surface area contributed by atoms with E-state index in [4.69, 9.17) is 4.74 Å². The monoisotopic (exact) mass is 436 g/mol. The zero-order valence-electron chi connectivity index (χ0n) is 16.9. The zero-order valence-corrected chi connectivity index (χ0v) is 17.7. The van der Waals surface area contributed by atoms with Gasteiger partial charge in [-0.05, 0) is 24.1 Å². The predicted molar refractivity (Wildman–Crippen MR) is 118 cm³/mol. The number of nitrogens with zero attached hydrogens (tertiary/aromatic N) is 3. The molecule has 0 saturated heterocycles. The van der Waals surface area contributed by atoms with Gasteiger partial charge in [0.15, 0.2) is 0 Å². The van der Waals surface area contributed by atoms with Gasteiger partial charge in [-0.3, -0.25) is 0 Å². The Morgan fingerprint density at radius 3 is 2.74 bits per heavy atom. The van der Waals surface area contributed by atoms with Gasteiger partial charge in [0.1, 0.15) is 18.5 Å². The van der Waals surface area contributed by atoms with E-state index in [1.165, 1.54) is 23.9 Å². The topological polar surface area (TPSA) is 69.0 Å². The Hall–Kier alpha value is -3.39. The lowest BCUT2D eigenvalue weighted by molar-refractivity contribution is -0.138. The van der Waals surface area contributed by atoms with Crippen LogP contribution in [0.2, 0.25) is 0 Å². The van der Waals surface area contributed by atoms with Gasteiger partial charge in [0.2, 0.25) is 11.1 Å². The van der Waals surface area contributed by atoms with Gasteiger partial charge in [-0.2, -0.15) is 4.98 Å². The lowest BCUT2D eigenvalue weighted by atomic mass is 9.96. The molecule has 158 valence electrons. The average molecular weight is 437 g/mol. The SMILES string of the molecule is C=CCOC(=O)C1=C(C)Nc2nc(SCc3ccccc3F)nn2C1c1ccccc1. The van der Waals surface area contributed by atoms with Crippen LogP contribution in [0, 0.1) is 5.82 Å². The first-order chi connectivity index (χ1) is 15.1. The highest BCUT2D eigenvalue weighted by Crippen LogP contribution is 2.37. The molecule has 31 heavy (non-hydrogen) atoms. The second-order valence-electron chi connectivity index (χ2n) is 6.91. The van der Waals surface area contributed by atoms with Crippen LogP contribution < -0.4 is 5.32 Å². The Labute approximate surface area is 183 Å². The third-order valence-electron chi connectivity index (χ3n) is 4.82. The van der Waals surface area contributed by atoms with E-state index in [9.17, 15) is 9.18 Å². The number of allylic oxidation sites excluding steroid dienone is 1. The molecular weight excluding hydrogens is 415 g/mol. The summed E-state index contributed by atoms with van der Waals surface area (Å²) in [5.74, 6) is 0.208. The van der Waals surface area contributed by atoms with Crippen LogP contribution in [0.25, 0.3) is 0 Å². The minimum atomic E-state index is -0.495. The highest BCUT2D eigenvalue weighted by Gasteiger charge is 2.35. The summed E-state index contributed by atoms with van der Waals surface area (Å²) in [4.78, 5) is 17.4. The van der Waals surface area contributed by atoms with Crippen molar-refractivity contribution in [3.05, 3.63) is 95.5 Å². The molecule has 1 unspecified atom stereocenters. The maximum atomic E-state index is 14.0. The molecule has 0 saturated carbocycles. The number of halogens is 1. The lowest BCUT2D eigenvalue weighted by Gasteiger charge is -2.28. The Kier molecular flexibility index (Phi) is 6.18. The molecule has 0 spiro atoms. The summed E-state index contributed by atoms with van der Waals surface area (Å²) >= 11 is 1.33. The molecule has 2 heterocycles. The Morgan fingerprint density at radius 2 is 2.00 bits per heavy atom. The number of ether oxygens (including phenoxy) is 1. The van der Waals surface area contributed by atoms with E-state index in [0.29, 0.717) is 33.7 Å². The number of fused-ring (bicyclic) bond motifs is 1. The van der Waals surface area contributed by atoms with E-state index in [2.05, 4.69) is 22.0 Å². The first kappa shape index (κ1) is 20.9. The maximum Gasteiger partial charge on any atom is 0.338 e. The molecule has 4 rings (SSSR count). The van der Waals surface area contributed by atoms with E-state index in [0.717, 1.165) is 5.56 Å². The highest BCUT2D eigenvalue weighted by atomic mass is 32.2. The van der Waals surface area contributed by atoms with Crippen LogP contribution in [0.15, 0.2) is 83.7 Å². The number of thioether (sulfide) groups is 1. The fraction of sp³-hybridized carbons (Fsp3) is 0.174. The van der Waals surface area contributed by atoms with E-state index in [1.54, 1.807) is 22.9 Å². The molecule has 0 amide bonds. The van der Waals surface area contributed by atoms with Gasteiger partial charge in [0.25, 0.3) is 0 Å². The molecule has 1 aliphatic rings. The number of rotatable bonds is 7. The number of esters is 1. The van der Waals surface area contributed by atoms with Gasteiger partial charge in [0.05, 0.1) is 5.57 Å². The number of benzene rings is 2. The maximum absolute atomic E-state index is 14.0. The third kappa shape index (κ3) is 4.39. The van der Waals surface area contributed by atoms with Crippen LogP contribution in [-0.2, 0) is 15.3 Å². The predicted octanol–water partition coefficient (Wildman–Crippen LogP) is 4.73. The standard InChI is InChI=1S/C23H21FN4O2S/c1-3-13-30-21(29)19-15(2)25-22-26-23(31-14-17-11-7-8-12-18(17)24)27-28(22)20(19)16-9-5-4-6-10-16/h3-12,20H,1,13-14H2,2H3,(H,25,26,27). The minimum Gasteiger partial charge on any atom is -0.458 e. The molecule has 8 heteroatoms. The summed E-state index contributed by atoms with van der Waals surface area (Å²) in [5.41, 5.74) is 2.56. The zero-order chi connectivity index (χ0) is 21.8. The number of anilines is 1. The van der Waals surface area contributed by atoms with Gasteiger partial charge in [-0.1, -0.05) is 72.9 Å². The summed E-state index contributed by atoms with van der Waals surface area (Å²) in [5, 5.41) is 8.26. The average Bonchev–Trinajstić information content (AvgIpc) is 3.18.